The quantitative estimate of drug-likeness (QED) is 0.684. The van der Waals surface area contributed by atoms with Gasteiger partial charge in [-0.1, -0.05) is 42.5 Å². The Balaban J connectivity index is 1.83. The van der Waals surface area contributed by atoms with Gasteiger partial charge in [-0.2, -0.15) is 0 Å². The van der Waals surface area contributed by atoms with Crippen molar-refractivity contribution in [3.63, 3.8) is 0 Å². The summed E-state index contributed by atoms with van der Waals surface area (Å²) in [6.07, 6.45) is 0.309. The fourth-order valence-corrected chi connectivity index (χ4v) is 2.70. The van der Waals surface area contributed by atoms with Gasteiger partial charge in [-0.05, 0) is 25.0 Å². The number of hydrogen-bond acceptors (Lipinski definition) is 4. The third kappa shape index (κ3) is 3.46. The predicted octanol–water partition coefficient (Wildman–Crippen LogP) is 2.94. The Hall–Kier alpha value is -2.66. The Kier molecular flexibility index (Phi) is 4.91. The molecule has 0 saturated carbocycles. The van der Waals surface area contributed by atoms with Crippen molar-refractivity contribution in [2.24, 2.45) is 0 Å². The molecule has 1 aromatic heterocycles. The van der Waals surface area contributed by atoms with Crippen LogP contribution >= 0.6 is 0 Å². The van der Waals surface area contributed by atoms with E-state index < -0.39 is 12.1 Å². The average Bonchev–Trinajstić information content (AvgIpc) is 3.03. The molecule has 1 unspecified atom stereocenters. The number of nitrogens with one attached hydrogen (secondary N) is 1. The van der Waals surface area contributed by atoms with Gasteiger partial charge in [-0.25, -0.2) is 9.78 Å². The molecule has 3 aromatic rings. The van der Waals surface area contributed by atoms with E-state index in [1.807, 2.05) is 24.3 Å². The smallest absolute Gasteiger partial charge is 0.339 e. The van der Waals surface area contributed by atoms with Crippen molar-refractivity contribution in [1.82, 2.24) is 9.97 Å². The number of aromatic amines is 1. The zero-order chi connectivity index (χ0) is 16.9. The van der Waals surface area contributed by atoms with Crippen LogP contribution in [0.25, 0.3) is 11.0 Å². The first-order valence-corrected chi connectivity index (χ1v) is 8.05. The molecule has 0 fully saturated rings. The van der Waals surface area contributed by atoms with Crippen LogP contribution in [0.2, 0.25) is 0 Å². The summed E-state index contributed by atoms with van der Waals surface area (Å²) in [5, 5.41) is 10.2. The first-order chi connectivity index (χ1) is 11.7. The number of ether oxygens (including phenoxy) is 1. The topological polar surface area (TPSA) is 75.2 Å². The maximum absolute atomic E-state index is 11.8. The van der Waals surface area contributed by atoms with Crippen molar-refractivity contribution in [3.05, 3.63) is 65.5 Å². The lowest BCUT2D eigenvalue weighted by Gasteiger charge is -2.10. The molecule has 5 heteroatoms. The van der Waals surface area contributed by atoms with Crippen molar-refractivity contribution >= 4 is 17.0 Å². The van der Waals surface area contributed by atoms with E-state index in [-0.39, 0.29) is 6.61 Å². The fourth-order valence-electron chi connectivity index (χ4n) is 2.70. The molecular formula is C19H20N2O3. The van der Waals surface area contributed by atoms with Crippen LogP contribution in [0.3, 0.4) is 0 Å². The number of nitrogens with zero attached hydrogens (tertiary/aromatic N) is 1. The van der Waals surface area contributed by atoms with E-state index in [9.17, 15) is 9.90 Å². The third-order valence-electron chi connectivity index (χ3n) is 3.89. The van der Waals surface area contributed by atoms with Crippen LogP contribution in [0.15, 0.2) is 48.5 Å². The maximum Gasteiger partial charge on any atom is 0.339 e. The number of H-pyrrole nitrogens is 1. The number of aromatic nitrogens is 2. The molecule has 0 bridgehead atoms. The minimum Gasteiger partial charge on any atom is -0.464 e. The number of carbonyl (C=O) groups excluding carboxylic acids is 1. The third-order valence-corrected chi connectivity index (χ3v) is 3.89. The van der Waals surface area contributed by atoms with Gasteiger partial charge in [0, 0.05) is 12.0 Å². The number of aliphatic hydroxyl groups is 1. The zero-order valence-corrected chi connectivity index (χ0v) is 13.5. The van der Waals surface area contributed by atoms with Gasteiger partial charge in [0.2, 0.25) is 0 Å². The van der Waals surface area contributed by atoms with Gasteiger partial charge < -0.3 is 14.8 Å². The molecule has 0 radical (unpaired) electrons. The maximum atomic E-state index is 11.8. The Bertz CT molecular complexity index is 827. The van der Waals surface area contributed by atoms with Gasteiger partial charge in [0.05, 0.1) is 17.6 Å². The van der Waals surface area contributed by atoms with Crippen LogP contribution in [0, 0.1) is 0 Å². The molecule has 2 aromatic carbocycles. The van der Waals surface area contributed by atoms with Crippen LogP contribution in [0.1, 0.15) is 30.0 Å². The SMILES string of the molecule is CCOC(=O)C(O)c1cccc2[nH]c(CCc3ccccc3)nc12. The molecule has 124 valence electrons. The summed E-state index contributed by atoms with van der Waals surface area (Å²) in [7, 11) is 0. The molecule has 0 aliphatic carbocycles. The van der Waals surface area contributed by atoms with Crippen molar-refractivity contribution in [2.75, 3.05) is 6.61 Å². The summed E-state index contributed by atoms with van der Waals surface area (Å²) in [6.45, 7) is 1.94. The van der Waals surface area contributed by atoms with Crippen LogP contribution in [-0.2, 0) is 22.4 Å². The lowest BCUT2D eigenvalue weighted by molar-refractivity contribution is -0.153. The highest BCUT2D eigenvalue weighted by molar-refractivity contribution is 5.86. The van der Waals surface area contributed by atoms with Gasteiger partial charge in [0.1, 0.15) is 5.82 Å². The van der Waals surface area contributed by atoms with Crippen molar-refractivity contribution in [2.45, 2.75) is 25.9 Å². The Morgan fingerprint density at radius 2 is 1.96 bits per heavy atom. The van der Waals surface area contributed by atoms with Crippen LogP contribution < -0.4 is 0 Å². The normalized spacial score (nSPS) is 12.2. The number of para-hydroxylation sites is 1. The van der Waals surface area contributed by atoms with Crippen molar-refractivity contribution < 1.29 is 14.6 Å². The molecule has 0 saturated heterocycles. The Morgan fingerprint density at radius 1 is 1.17 bits per heavy atom. The Labute approximate surface area is 140 Å². The first-order valence-electron chi connectivity index (χ1n) is 8.05. The van der Waals surface area contributed by atoms with E-state index in [0.717, 1.165) is 24.2 Å². The number of hydrogen-bond donors (Lipinski definition) is 2. The molecule has 1 atom stereocenters. The largest absolute Gasteiger partial charge is 0.464 e. The average molecular weight is 324 g/mol. The van der Waals surface area contributed by atoms with Crippen LogP contribution in [0.5, 0.6) is 0 Å². The summed E-state index contributed by atoms with van der Waals surface area (Å²) < 4.78 is 4.89. The lowest BCUT2D eigenvalue weighted by Crippen LogP contribution is -2.15. The molecular weight excluding hydrogens is 304 g/mol. The summed E-state index contributed by atoms with van der Waals surface area (Å²) in [4.78, 5) is 19.6. The van der Waals surface area contributed by atoms with Gasteiger partial charge in [-0.15, -0.1) is 0 Å². The van der Waals surface area contributed by atoms with Crippen molar-refractivity contribution in [1.29, 1.82) is 0 Å². The molecule has 2 N–H and O–H groups in total. The highest BCUT2D eigenvalue weighted by Gasteiger charge is 2.22. The number of aliphatic hydroxyl groups excluding tert-OH is 1. The van der Waals surface area contributed by atoms with E-state index in [2.05, 4.69) is 22.1 Å². The van der Waals surface area contributed by atoms with E-state index in [1.54, 1.807) is 19.1 Å². The summed E-state index contributed by atoms with van der Waals surface area (Å²) >= 11 is 0. The van der Waals surface area contributed by atoms with Gasteiger partial charge in [0.25, 0.3) is 0 Å². The van der Waals surface area contributed by atoms with Gasteiger partial charge in [0.15, 0.2) is 6.10 Å². The number of benzene rings is 2. The summed E-state index contributed by atoms with van der Waals surface area (Å²) in [5.74, 6) is 0.177. The zero-order valence-electron chi connectivity index (χ0n) is 13.5. The monoisotopic (exact) mass is 324 g/mol. The van der Waals surface area contributed by atoms with Crippen LogP contribution in [-0.4, -0.2) is 27.7 Å². The molecule has 24 heavy (non-hydrogen) atoms. The fraction of sp³-hybridized carbons (Fsp3) is 0.263. The summed E-state index contributed by atoms with van der Waals surface area (Å²) in [5.41, 5.74) is 3.12. The standard InChI is InChI=1S/C19H20N2O3/c1-2-24-19(23)18(22)14-9-6-10-15-17(14)21-16(20-15)12-11-13-7-4-3-5-8-13/h3-10,18,22H,2,11-12H2,1H3,(H,20,21). The predicted molar refractivity (Wildman–Crippen MR) is 91.5 cm³/mol. The lowest BCUT2D eigenvalue weighted by atomic mass is 10.1. The van der Waals surface area contributed by atoms with Gasteiger partial charge in [-0.3, -0.25) is 0 Å². The van der Waals surface area contributed by atoms with Gasteiger partial charge >= 0.3 is 5.97 Å². The Morgan fingerprint density at radius 3 is 2.71 bits per heavy atom. The first kappa shape index (κ1) is 16.2. The minimum atomic E-state index is -1.32. The molecule has 0 aliphatic rings. The minimum absolute atomic E-state index is 0.231. The number of esters is 1. The van der Waals surface area contributed by atoms with E-state index in [4.69, 9.17) is 4.74 Å². The number of aryl methyl sites for hydroxylation is 2. The van der Waals surface area contributed by atoms with E-state index in [0.29, 0.717) is 11.1 Å². The highest BCUT2D eigenvalue weighted by Crippen LogP contribution is 2.24. The van der Waals surface area contributed by atoms with Crippen LogP contribution in [0.4, 0.5) is 0 Å². The molecule has 1 heterocycles. The highest BCUT2D eigenvalue weighted by atomic mass is 16.5. The molecule has 3 rings (SSSR count). The molecule has 0 amide bonds. The van der Waals surface area contributed by atoms with E-state index >= 15 is 0 Å². The second-order valence-corrected chi connectivity index (χ2v) is 5.57. The van der Waals surface area contributed by atoms with Crippen molar-refractivity contribution in [3.8, 4) is 0 Å². The number of rotatable bonds is 6. The number of imidazole rings is 1. The second kappa shape index (κ2) is 7.27. The van der Waals surface area contributed by atoms with E-state index in [1.165, 1.54) is 5.56 Å². The number of fused-ring (bicyclic) bond motifs is 1. The molecule has 5 nitrogen and oxygen atoms in total. The molecule has 0 spiro atoms. The number of carbonyl (C=O) groups is 1. The second-order valence-electron chi connectivity index (χ2n) is 5.57. The summed E-state index contributed by atoms with van der Waals surface area (Å²) in [6, 6.07) is 15.6. The molecule has 0 aliphatic heterocycles.